The maximum atomic E-state index is 7.16. The number of hydrogen-bond donors (Lipinski definition) is 8. The van der Waals surface area contributed by atoms with Gasteiger partial charge in [-0.2, -0.15) is 0 Å². The van der Waals surface area contributed by atoms with Crippen LogP contribution in [-0.4, -0.2) is 72.5 Å². The SMILES string of the molecule is C.NC1CCCC[C@@H]1C1C2CC[C@@H](N2)C([C@H]2CCCCC2N)[C@@H]2CC[C@@H](N2)C([C@H]2CCCCC2N)[C@@H]2CC[C@@H](N2)C([C@H]2CCCCC2N)[C@@H]2CC[C@H]1N2. The average molecular weight is 737 g/mol. The normalized spacial score (nSPS) is 53.7. The van der Waals surface area contributed by atoms with E-state index in [9.17, 15) is 0 Å². The van der Waals surface area contributed by atoms with E-state index < -0.39 is 0 Å². The zero-order valence-electron chi connectivity index (χ0n) is 32.8. The van der Waals surface area contributed by atoms with Crippen LogP contribution in [0.4, 0.5) is 0 Å². The molecule has 8 heteroatoms. The highest BCUT2D eigenvalue weighted by molar-refractivity contribution is 5.11. The fourth-order valence-corrected chi connectivity index (χ4v) is 15.8. The lowest BCUT2D eigenvalue weighted by Gasteiger charge is -2.46. The summed E-state index contributed by atoms with van der Waals surface area (Å²) in [6, 6.07) is 5.81. The Hall–Kier alpha value is -0.320. The number of hydrogen-bond acceptors (Lipinski definition) is 8. The van der Waals surface area contributed by atoms with Gasteiger partial charge in [0.05, 0.1) is 0 Å². The molecule has 9 fully saturated rings. The summed E-state index contributed by atoms with van der Waals surface area (Å²) in [5.74, 6) is 4.94. The topological polar surface area (TPSA) is 152 Å². The molecule has 0 radical (unpaired) electrons. The molecule has 0 aromatic rings. The van der Waals surface area contributed by atoms with Crippen LogP contribution in [0.3, 0.4) is 0 Å². The zero-order valence-corrected chi connectivity index (χ0v) is 32.8. The highest BCUT2D eigenvalue weighted by Gasteiger charge is 2.54. The van der Waals surface area contributed by atoms with E-state index in [1.807, 2.05) is 0 Å². The van der Waals surface area contributed by atoms with Crippen LogP contribution in [0.15, 0.2) is 0 Å². The molecule has 9 rings (SSSR count). The Labute approximate surface area is 324 Å². The van der Waals surface area contributed by atoms with Crippen LogP contribution >= 0.6 is 0 Å². The quantitative estimate of drug-likeness (QED) is 0.184. The summed E-state index contributed by atoms with van der Waals surface area (Å²) in [6.07, 6.45) is 31.2. The summed E-state index contributed by atoms with van der Waals surface area (Å²) >= 11 is 0. The standard InChI is InChI=1S/C44H80N8.CH4/c45-29-13-5-1-9-25(29)41-33-17-19-35(49-33)42(26-10-2-6-14-30(26)46)37-21-23-39(51-37)44(28-12-4-8-16-32(28)48)40-24-22-38(52-40)43(36-20-18-34(41)50-36)27-11-3-7-15-31(27)47;/h25-44,49-52H,1-24,45-48H2;1H4/t25-,26-,27-,28-,29?,30?,31?,32?,33-,34+,35+,36-,37-,38+,39+,40?,41?,42?,43?,44?;/m0./s1. The second-order valence-corrected chi connectivity index (χ2v) is 20.6. The van der Waals surface area contributed by atoms with Crippen molar-refractivity contribution in [3.8, 4) is 0 Å². The van der Waals surface area contributed by atoms with Crippen molar-refractivity contribution in [3.63, 3.8) is 0 Å². The maximum absolute atomic E-state index is 7.16. The minimum atomic E-state index is 0. The van der Waals surface area contributed by atoms with Gasteiger partial charge in [-0.25, -0.2) is 0 Å². The highest BCUT2D eigenvalue weighted by atomic mass is 15.1. The van der Waals surface area contributed by atoms with E-state index in [4.69, 9.17) is 22.9 Å². The van der Waals surface area contributed by atoms with E-state index >= 15 is 0 Å². The number of nitrogens with two attached hydrogens (primary N) is 4. The molecule has 53 heavy (non-hydrogen) atoms. The van der Waals surface area contributed by atoms with Gasteiger partial charge in [0.1, 0.15) is 0 Å². The zero-order chi connectivity index (χ0) is 35.3. The van der Waals surface area contributed by atoms with Crippen molar-refractivity contribution in [2.45, 2.75) is 234 Å². The third-order valence-corrected chi connectivity index (χ3v) is 18.1. The average Bonchev–Trinajstić information content (AvgIpc) is 3.99. The molecule has 0 amide bonds. The maximum Gasteiger partial charge on any atom is 0.0117 e. The smallest absolute Gasteiger partial charge is 0.0117 e. The van der Waals surface area contributed by atoms with E-state index in [0.29, 0.717) is 120 Å². The molecule has 8 bridgehead atoms. The molecule has 12 N–H and O–H groups in total. The van der Waals surface area contributed by atoms with Gasteiger partial charge in [-0.1, -0.05) is 58.8 Å². The van der Waals surface area contributed by atoms with E-state index in [1.165, 1.54) is 154 Å². The van der Waals surface area contributed by atoms with Crippen LogP contribution < -0.4 is 44.2 Å². The largest absolute Gasteiger partial charge is 0.327 e. The minimum Gasteiger partial charge on any atom is -0.327 e. The Bertz CT molecular complexity index is 953. The van der Waals surface area contributed by atoms with Crippen LogP contribution in [0.1, 0.15) is 162 Å². The van der Waals surface area contributed by atoms with Crippen LogP contribution in [-0.2, 0) is 0 Å². The first-order valence-electron chi connectivity index (χ1n) is 23.5. The second-order valence-electron chi connectivity index (χ2n) is 20.6. The van der Waals surface area contributed by atoms with Crippen molar-refractivity contribution in [2.24, 2.45) is 70.3 Å². The summed E-state index contributed by atoms with van der Waals surface area (Å²) < 4.78 is 0. The Kier molecular flexibility index (Phi) is 12.9. The minimum absolute atomic E-state index is 0. The van der Waals surface area contributed by atoms with E-state index in [2.05, 4.69) is 21.3 Å². The fraction of sp³-hybridized carbons (Fsp3) is 1.00. The molecule has 0 aromatic carbocycles. The molecular weight excluding hydrogens is 653 g/mol. The second kappa shape index (κ2) is 17.3. The van der Waals surface area contributed by atoms with Crippen LogP contribution in [0.5, 0.6) is 0 Å². The Morgan fingerprint density at radius 3 is 0.585 bits per heavy atom. The summed E-state index contributed by atoms with van der Waals surface area (Å²) in [6.45, 7) is 0. The predicted molar refractivity (Wildman–Crippen MR) is 220 cm³/mol. The molecule has 304 valence electrons. The van der Waals surface area contributed by atoms with Crippen molar-refractivity contribution < 1.29 is 0 Å². The van der Waals surface area contributed by atoms with Crippen molar-refractivity contribution >= 4 is 0 Å². The molecule has 4 saturated carbocycles. The van der Waals surface area contributed by atoms with Crippen LogP contribution in [0.25, 0.3) is 0 Å². The summed E-state index contributed by atoms with van der Waals surface area (Å²) in [5, 5.41) is 18.1. The monoisotopic (exact) mass is 737 g/mol. The van der Waals surface area contributed by atoms with E-state index in [0.717, 1.165) is 0 Å². The summed E-state index contributed by atoms with van der Waals surface area (Å²) in [5.41, 5.74) is 28.6. The van der Waals surface area contributed by atoms with Gasteiger partial charge in [-0.3, -0.25) is 0 Å². The highest BCUT2D eigenvalue weighted by Crippen LogP contribution is 2.48. The van der Waals surface area contributed by atoms with Crippen molar-refractivity contribution in [1.29, 1.82) is 0 Å². The Morgan fingerprint density at radius 1 is 0.245 bits per heavy atom. The Balaban J connectivity index is 0.00000400. The van der Waals surface area contributed by atoms with Gasteiger partial charge in [0.2, 0.25) is 0 Å². The van der Waals surface area contributed by atoms with Crippen LogP contribution in [0, 0.1) is 47.3 Å². The molecular formula is C45H84N8. The van der Waals surface area contributed by atoms with Crippen molar-refractivity contribution in [2.75, 3.05) is 0 Å². The van der Waals surface area contributed by atoms with Gasteiger partial charge >= 0.3 is 0 Å². The number of rotatable bonds is 4. The first-order chi connectivity index (χ1) is 25.4. The van der Waals surface area contributed by atoms with Gasteiger partial charge in [0.15, 0.2) is 0 Å². The Morgan fingerprint density at radius 2 is 0.415 bits per heavy atom. The van der Waals surface area contributed by atoms with Crippen LogP contribution in [0.2, 0.25) is 0 Å². The van der Waals surface area contributed by atoms with E-state index in [-0.39, 0.29) is 7.43 Å². The molecule has 4 aliphatic carbocycles. The molecule has 20 atom stereocenters. The van der Waals surface area contributed by atoms with E-state index in [1.54, 1.807) is 0 Å². The van der Waals surface area contributed by atoms with Gasteiger partial charge in [-0.05, 0) is 150 Å². The van der Waals surface area contributed by atoms with Gasteiger partial charge in [0.25, 0.3) is 0 Å². The lowest BCUT2D eigenvalue weighted by Crippen LogP contribution is -2.60. The molecule has 0 spiro atoms. The third kappa shape index (κ3) is 7.82. The molecule has 5 saturated heterocycles. The lowest BCUT2D eigenvalue weighted by atomic mass is 9.70. The number of nitrogens with one attached hydrogen (secondary N) is 4. The first kappa shape index (κ1) is 39.5. The van der Waals surface area contributed by atoms with Crippen molar-refractivity contribution in [3.05, 3.63) is 0 Å². The van der Waals surface area contributed by atoms with Gasteiger partial charge < -0.3 is 44.2 Å². The van der Waals surface area contributed by atoms with Gasteiger partial charge in [-0.15, -0.1) is 0 Å². The first-order valence-corrected chi connectivity index (χ1v) is 23.5. The molecule has 0 aromatic heterocycles. The predicted octanol–water partition coefficient (Wildman–Crippen LogP) is 5.65. The number of fused-ring (bicyclic) bond motifs is 8. The summed E-state index contributed by atoms with van der Waals surface area (Å²) in [7, 11) is 0. The molecule has 9 aliphatic rings. The fourth-order valence-electron chi connectivity index (χ4n) is 15.8. The lowest BCUT2D eigenvalue weighted by molar-refractivity contribution is 0.0966. The molecule has 9 unspecified atom stereocenters. The summed E-state index contributed by atoms with van der Waals surface area (Å²) in [4.78, 5) is 0. The molecule has 5 aliphatic heterocycles. The van der Waals surface area contributed by atoms with Gasteiger partial charge in [0, 0.05) is 72.5 Å². The molecule has 8 nitrogen and oxygen atoms in total. The third-order valence-electron chi connectivity index (χ3n) is 18.1. The van der Waals surface area contributed by atoms with Crippen molar-refractivity contribution in [1.82, 2.24) is 21.3 Å². The molecule has 5 heterocycles.